The monoisotopic (exact) mass is 269 g/mol. The molecule has 3 nitrogen and oxygen atoms in total. The van der Waals surface area contributed by atoms with E-state index in [9.17, 15) is 5.11 Å². The number of ether oxygens (including phenoxy) is 1. The lowest BCUT2D eigenvalue weighted by Gasteiger charge is -2.53. The first-order chi connectivity index (χ1) is 9.05. The van der Waals surface area contributed by atoms with E-state index in [-0.39, 0.29) is 11.5 Å². The van der Waals surface area contributed by atoms with Crippen LogP contribution in [0.2, 0.25) is 0 Å². The highest BCUT2D eigenvalue weighted by Gasteiger charge is 2.52. The third-order valence-electron chi connectivity index (χ3n) is 5.65. The van der Waals surface area contributed by atoms with Gasteiger partial charge in [0.25, 0.3) is 0 Å². The summed E-state index contributed by atoms with van der Waals surface area (Å²) >= 11 is 0. The first-order valence-electron chi connectivity index (χ1n) is 8.09. The Bertz CT molecular complexity index is 284. The van der Waals surface area contributed by atoms with Crippen LogP contribution in [0.1, 0.15) is 65.2 Å². The van der Waals surface area contributed by atoms with E-state index in [2.05, 4.69) is 13.8 Å². The molecule has 112 valence electrons. The summed E-state index contributed by atoms with van der Waals surface area (Å²) < 4.78 is 5.81. The molecular formula is C16H31NO2. The third-order valence-corrected chi connectivity index (χ3v) is 5.65. The molecule has 1 saturated carbocycles. The lowest BCUT2D eigenvalue weighted by atomic mass is 9.58. The van der Waals surface area contributed by atoms with Crippen LogP contribution in [0.4, 0.5) is 0 Å². The number of hydrogen-bond donors (Lipinski definition) is 2. The van der Waals surface area contributed by atoms with Gasteiger partial charge in [-0.15, -0.1) is 0 Å². The molecule has 0 aromatic heterocycles. The Morgan fingerprint density at radius 1 is 1.26 bits per heavy atom. The Hall–Kier alpha value is -0.120. The first-order valence-corrected chi connectivity index (χ1v) is 8.09. The van der Waals surface area contributed by atoms with Crippen LogP contribution in [0.5, 0.6) is 0 Å². The normalized spacial score (nSPS) is 44.2. The van der Waals surface area contributed by atoms with Crippen molar-refractivity contribution in [2.75, 3.05) is 13.2 Å². The van der Waals surface area contributed by atoms with Crippen molar-refractivity contribution in [1.82, 2.24) is 0 Å². The number of nitrogens with two attached hydrogens (primary N) is 1. The summed E-state index contributed by atoms with van der Waals surface area (Å²) in [4.78, 5) is 0. The van der Waals surface area contributed by atoms with Gasteiger partial charge >= 0.3 is 0 Å². The van der Waals surface area contributed by atoms with Crippen LogP contribution in [0.3, 0.4) is 0 Å². The van der Waals surface area contributed by atoms with Crippen molar-refractivity contribution in [2.24, 2.45) is 17.1 Å². The van der Waals surface area contributed by atoms with Gasteiger partial charge in [0.05, 0.1) is 11.7 Å². The third kappa shape index (κ3) is 2.98. The summed E-state index contributed by atoms with van der Waals surface area (Å²) in [6.45, 7) is 5.81. The molecule has 2 rings (SSSR count). The van der Waals surface area contributed by atoms with Crippen molar-refractivity contribution in [3.05, 3.63) is 0 Å². The molecule has 0 radical (unpaired) electrons. The van der Waals surface area contributed by atoms with Crippen molar-refractivity contribution < 1.29 is 9.84 Å². The number of aliphatic hydroxyl groups is 1. The van der Waals surface area contributed by atoms with Crippen molar-refractivity contribution >= 4 is 0 Å². The summed E-state index contributed by atoms with van der Waals surface area (Å²) in [5, 5.41) is 11.3. The fourth-order valence-corrected chi connectivity index (χ4v) is 4.10. The summed E-state index contributed by atoms with van der Waals surface area (Å²) in [5.41, 5.74) is 5.46. The van der Waals surface area contributed by atoms with Gasteiger partial charge in [0, 0.05) is 31.4 Å². The predicted octanol–water partition coefficient (Wildman–Crippen LogP) is 2.85. The minimum atomic E-state index is -0.597. The molecular weight excluding hydrogens is 238 g/mol. The van der Waals surface area contributed by atoms with Crippen molar-refractivity contribution in [1.29, 1.82) is 0 Å². The fourth-order valence-electron chi connectivity index (χ4n) is 4.10. The van der Waals surface area contributed by atoms with Gasteiger partial charge in [0.1, 0.15) is 0 Å². The lowest BCUT2D eigenvalue weighted by molar-refractivity contribution is -0.178. The van der Waals surface area contributed by atoms with E-state index in [0.29, 0.717) is 13.2 Å². The minimum Gasteiger partial charge on any atom is -0.389 e. The standard InChI is InChI=1S/C16H31NO2/c1-3-4-14-11-16(18,9-10-19-14)15(12-17)7-5-13(2)6-8-15/h13-14,18H,3-12,17H2,1-2H3. The quantitative estimate of drug-likeness (QED) is 0.825. The molecule has 19 heavy (non-hydrogen) atoms. The van der Waals surface area contributed by atoms with E-state index in [1.807, 2.05) is 0 Å². The first kappa shape index (κ1) is 15.3. The van der Waals surface area contributed by atoms with Crippen LogP contribution in [-0.4, -0.2) is 30.0 Å². The molecule has 3 N–H and O–H groups in total. The summed E-state index contributed by atoms with van der Waals surface area (Å²) in [6.07, 6.45) is 8.53. The molecule has 0 bridgehead atoms. The average Bonchev–Trinajstić information content (AvgIpc) is 2.40. The maximum atomic E-state index is 11.3. The Kier molecular flexibility index (Phi) is 4.91. The second-order valence-corrected chi connectivity index (χ2v) is 6.93. The Morgan fingerprint density at radius 2 is 1.95 bits per heavy atom. The lowest BCUT2D eigenvalue weighted by Crippen LogP contribution is -2.58. The maximum Gasteiger partial charge on any atom is 0.0762 e. The van der Waals surface area contributed by atoms with Gasteiger partial charge in [-0.2, -0.15) is 0 Å². The molecule has 0 aromatic rings. The van der Waals surface area contributed by atoms with Crippen LogP contribution in [0.15, 0.2) is 0 Å². The van der Waals surface area contributed by atoms with Crippen LogP contribution in [0, 0.1) is 11.3 Å². The molecule has 2 unspecified atom stereocenters. The highest BCUT2D eigenvalue weighted by Crippen LogP contribution is 2.50. The molecule has 0 aromatic carbocycles. The zero-order chi connectivity index (χ0) is 13.9. The van der Waals surface area contributed by atoms with Gasteiger partial charge in [-0.25, -0.2) is 0 Å². The summed E-state index contributed by atoms with van der Waals surface area (Å²) in [6, 6.07) is 0. The molecule has 1 heterocycles. The summed E-state index contributed by atoms with van der Waals surface area (Å²) in [7, 11) is 0. The predicted molar refractivity (Wildman–Crippen MR) is 78.0 cm³/mol. The van der Waals surface area contributed by atoms with Crippen LogP contribution in [-0.2, 0) is 4.74 Å². The van der Waals surface area contributed by atoms with Crippen molar-refractivity contribution in [3.8, 4) is 0 Å². The van der Waals surface area contributed by atoms with E-state index >= 15 is 0 Å². The smallest absolute Gasteiger partial charge is 0.0762 e. The summed E-state index contributed by atoms with van der Waals surface area (Å²) in [5.74, 6) is 0.787. The van der Waals surface area contributed by atoms with E-state index < -0.39 is 5.60 Å². The highest BCUT2D eigenvalue weighted by atomic mass is 16.5. The molecule has 2 atom stereocenters. The Morgan fingerprint density at radius 3 is 2.53 bits per heavy atom. The molecule has 0 spiro atoms. The molecule has 0 amide bonds. The van der Waals surface area contributed by atoms with Gasteiger partial charge in [0.2, 0.25) is 0 Å². The molecule has 2 aliphatic rings. The minimum absolute atomic E-state index is 0.0602. The molecule has 1 aliphatic heterocycles. The van der Waals surface area contributed by atoms with Gasteiger partial charge in [-0.3, -0.25) is 0 Å². The zero-order valence-electron chi connectivity index (χ0n) is 12.7. The maximum absolute atomic E-state index is 11.3. The van der Waals surface area contributed by atoms with E-state index in [0.717, 1.165) is 44.4 Å². The van der Waals surface area contributed by atoms with Crippen molar-refractivity contribution in [2.45, 2.75) is 76.9 Å². The van der Waals surface area contributed by atoms with Gasteiger partial charge in [-0.05, 0) is 25.2 Å². The SMILES string of the molecule is CCCC1CC(O)(C2(CN)CCC(C)CC2)CCO1. The largest absolute Gasteiger partial charge is 0.389 e. The average molecular weight is 269 g/mol. The number of hydrogen-bond acceptors (Lipinski definition) is 3. The zero-order valence-corrected chi connectivity index (χ0v) is 12.7. The van der Waals surface area contributed by atoms with E-state index in [1.54, 1.807) is 0 Å². The van der Waals surface area contributed by atoms with Crippen molar-refractivity contribution in [3.63, 3.8) is 0 Å². The molecule has 1 aliphatic carbocycles. The second kappa shape index (κ2) is 6.11. The molecule has 3 heteroatoms. The Labute approximate surface area is 117 Å². The van der Waals surface area contributed by atoms with E-state index in [1.165, 1.54) is 12.8 Å². The van der Waals surface area contributed by atoms with Gasteiger partial charge in [-0.1, -0.05) is 33.1 Å². The van der Waals surface area contributed by atoms with E-state index in [4.69, 9.17) is 10.5 Å². The molecule has 2 fully saturated rings. The topological polar surface area (TPSA) is 55.5 Å². The second-order valence-electron chi connectivity index (χ2n) is 6.93. The highest BCUT2D eigenvalue weighted by molar-refractivity contribution is 5.04. The van der Waals surface area contributed by atoms with Crippen LogP contribution < -0.4 is 5.73 Å². The Balaban J connectivity index is 2.11. The molecule has 1 saturated heterocycles. The van der Waals surface area contributed by atoms with Crippen LogP contribution >= 0.6 is 0 Å². The van der Waals surface area contributed by atoms with Gasteiger partial charge in [0.15, 0.2) is 0 Å². The number of rotatable bonds is 4. The fraction of sp³-hybridized carbons (Fsp3) is 1.00. The van der Waals surface area contributed by atoms with Gasteiger partial charge < -0.3 is 15.6 Å². The van der Waals surface area contributed by atoms with Crippen LogP contribution in [0.25, 0.3) is 0 Å².